The number of hydrogen-bond acceptors (Lipinski definition) is 5. The Labute approximate surface area is 139 Å². The van der Waals surface area contributed by atoms with Crippen LogP contribution in [0.2, 0.25) is 5.02 Å². The third-order valence-corrected chi connectivity index (χ3v) is 5.20. The summed E-state index contributed by atoms with van der Waals surface area (Å²) in [6, 6.07) is 5.09. The second-order valence-electron chi connectivity index (χ2n) is 5.87. The lowest BCUT2D eigenvalue weighted by atomic mass is 10.0. The number of sulfonamides is 1. The van der Waals surface area contributed by atoms with Gasteiger partial charge in [0, 0.05) is 11.1 Å². The van der Waals surface area contributed by atoms with Crippen molar-refractivity contribution >= 4 is 33.5 Å². The minimum Gasteiger partial charge on any atom is -0.350 e. The predicted octanol–water partition coefficient (Wildman–Crippen LogP) is 2.96. The SMILES string of the molecule is CC(C)c1ccc(S(=O)(=O)Nc2nc(NC3CC3)n[nH]2)cc1Cl. The Morgan fingerprint density at radius 1 is 1.35 bits per heavy atom. The average Bonchev–Trinajstić information content (AvgIpc) is 3.17. The van der Waals surface area contributed by atoms with Gasteiger partial charge in [0.05, 0.1) is 4.90 Å². The van der Waals surface area contributed by atoms with Gasteiger partial charge in [-0.25, -0.2) is 18.2 Å². The van der Waals surface area contributed by atoms with E-state index in [1.54, 1.807) is 6.07 Å². The lowest BCUT2D eigenvalue weighted by molar-refractivity contribution is 0.600. The molecule has 124 valence electrons. The van der Waals surface area contributed by atoms with Gasteiger partial charge in [-0.3, -0.25) is 0 Å². The van der Waals surface area contributed by atoms with Crippen molar-refractivity contribution in [2.24, 2.45) is 0 Å². The maximum absolute atomic E-state index is 12.4. The maximum atomic E-state index is 12.4. The van der Waals surface area contributed by atoms with Crippen LogP contribution in [0.25, 0.3) is 0 Å². The van der Waals surface area contributed by atoms with Gasteiger partial charge in [-0.05, 0) is 36.5 Å². The van der Waals surface area contributed by atoms with Crippen molar-refractivity contribution in [3.8, 4) is 0 Å². The second kappa shape index (κ2) is 6.01. The van der Waals surface area contributed by atoms with E-state index in [0.717, 1.165) is 18.4 Å². The molecule has 1 heterocycles. The molecule has 9 heteroatoms. The first-order valence-electron chi connectivity index (χ1n) is 7.36. The van der Waals surface area contributed by atoms with Crippen LogP contribution in [0.5, 0.6) is 0 Å². The van der Waals surface area contributed by atoms with Crippen molar-refractivity contribution in [1.82, 2.24) is 15.2 Å². The van der Waals surface area contributed by atoms with Gasteiger partial charge in [-0.1, -0.05) is 31.5 Å². The molecular formula is C14H18ClN5O2S. The average molecular weight is 356 g/mol. The maximum Gasteiger partial charge on any atom is 0.264 e. The lowest BCUT2D eigenvalue weighted by Crippen LogP contribution is -2.14. The summed E-state index contributed by atoms with van der Waals surface area (Å²) in [6.45, 7) is 3.99. The highest BCUT2D eigenvalue weighted by Gasteiger charge is 2.23. The number of H-pyrrole nitrogens is 1. The van der Waals surface area contributed by atoms with E-state index < -0.39 is 10.0 Å². The van der Waals surface area contributed by atoms with Crippen LogP contribution in [0, 0.1) is 0 Å². The fraction of sp³-hybridized carbons (Fsp3) is 0.429. The van der Waals surface area contributed by atoms with E-state index in [2.05, 4.69) is 25.2 Å². The van der Waals surface area contributed by atoms with Gasteiger partial charge in [-0.2, -0.15) is 4.98 Å². The first kappa shape index (κ1) is 16.1. The third-order valence-electron chi connectivity index (χ3n) is 3.53. The highest BCUT2D eigenvalue weighted by molar-refractivity contribution is 7.92. The molecular weight excluding hydrogens is 338 g/mol. The van der Waals surface area contributed by atoms with Gasteiger partial charge in [0.1, 0.15) is 0 Å². The first-order valence-corrected chi connectivity index (χ1v) is 9.22. The molecule has 0 saturated heterocycles. The number of nitrogens with zero attached hydrogens (tertiary/aromatic N) is 2. The monoisotopic (exact) mass is 355 g/mol. The second-order valence-corrected chi connectivity index (χ2v) is 7.96. The van der Waals surface area contributed by atoms with Crippen molar-refractivity contribution in [3.63, 3.8) is 0 Å². The van der Waals surface area contributed by atoms with E-state index in [-0.39, 0.29) is 16.8 Å². The number of rotatable bonds is 6. The smallest absolute Gasteiger partial charge is 0.264 e. The van der Waals surface area contributed by atoms with Gasteiger partial charge >= 0.3 is 0 Å². The van der Waals surface area contributed by atoms with Crippen LogP contribution in [0.15, 0.2) is 23.1 Å². The van der Waals surface area contributed by atoms with Crippen LogP contribution in [0.1, 0.15) is 38.2 Å². The molecule has 0 aliphatic heterocycles. The zero-order valence-electron chi connectivity index (χ0n) is 12.8. The summed E-state index contributed by atoms with van der Waals surface area (Å²) in [4.78, 5) is 4.15. The molecule has 0 radical (unpaired) electrons. The van der Waals surface area contributed by atoms with Gasteiger partial charge < -0.3 is 5.32 Å². The van der Waals surface area contributed by atoms with Crippen LogP contribution in [-0.4, -0.2) is 29.6 Å². The predicted molar refractivity (Wildman–Crippen MR) is 89.4 cm³/mol. The molecule has 1 aromatic heterocycles. The normalized spacial score (nSPS) is 15.0. The summed E-state index contributed by atoms with van der Waals surface area (Å²) in [6.07, 6.45) is 2.16. The molecule has 0 unspecified atom stereocenters. The van der Waals surface area contributed by atoms with E-state index in [9.17, 15) is 8.42 Å². The Morgan fingerprint density at radius 3 is 2.70 bits per heavy atom. The quantitative estimate of drug-likeness (QED) is 0.739. The standard InChI is InChI=1S/C14H18ClN5O2S/c1-8(2)11-6-5-10(7-12(11)15)23(21,22)20-14-17-13(18-19-14)16-9-3-4-9/h5-9H,3-4H2,1-2H3,(H3,16,17,18,19,20). The van der Waals surface area contributed by atoms with Crippen molar-refractivity contribution < 1.29 is 8.42 Å². The van der Waals surface area contributed by atoms with Crippen LogP contribution in [0.3, 0.4) is 0 Å². The van der Waals surface area contributed by atoms with Crippen LogP contribution >= 0.6 is 11.6 Å². The summed E-state index contributed by atoms with van der Waals surface area (Å²) >= 11 is 6.16. The highest BCUT2D eigenvalue weighted by Crippen LogP contribution is 2.27. The van der Waals surface area contributed by atoms with Crippen LogP contribution in [-0.2, 0) is 10.0 Å². The van der Waals surface area contributed by atoms with Crippen LogP contribution in [0.4, 0.5) is 11.9 Å². The first-order chi connectivity index (χ1) is 10.8. The molecule has 1 aliphatic carbocycles. The van der Waals surface area contributed by atoms with Crippen molar-refractivity contribution in [2.75, 3.05) is 10.0 Å². The molecule has 23 heavy (non-hydrogen) atoms. The Morgan fingerprint density at radius 2 is 2.09 bits per heavy atom. The van der Waals surface area contributed by atoms with Crippen molar-refractivity contribution in [1.29, 1.82) is 0 Å². The largest absolute Gasteiger partial charge is 0.350 e. The molecule has 1 saturated carbocycles. The number of aromatic amines is 1. The molecule has 0 atom stereocenters. The van der Waals surface area contributed by atoms with Crippen molar-refractivity contribution in [3.05, 3.63) is 28.8 Å². The molecule has 2 aromatic rings. The Balaban J connectivity index is 1.78. The summed E-state index contributed by atoms with van der Waals surface area (Å²) in [7, 11) is -3.77. The van der Waals surface area contributed by atoms with Gasteiger partial charge in [0.15, 0.2) is 0 Å². The molecule has 3 rings (SSSR count). The van der Waals surface area contributed by atoms with E-state index in [4.69, 9.17) is 11.6 Å². The molecule has 0 bridgehead atoms. The topological polar surface area (TPSA) is 99.8 Å². The number of halogens is 1. The number of aromatic nitrogens is 3. The molecule has 7 nitrogen and oxygen atoms in total. The minimum absolute atomic E-state index is 0.0669. The van der Waals surface area contributed by atoms with Crippen molar-refractivity contribution in [2.45, 2.75) is 43.5 Å². The number of anilines is 2. The number of benzene rings is 1. The summed E-state index contributed by atoms with van der Waals surface area (Å²) < 4.78 is 27.2. The van der Waals surface area contributed by atoms with Gasteiger partial charge in [0.2, 0.25) is 11.9 Å². The third kappa shape index (κ3) is 3.76. The highest BCUT2D eigenvalue weighted by atomic mass is 35.5. The molecule has 1 fully saturated rings. The van der Waals surface area contributed by atoms with E-state index in [1.807, 2.05) is 13.8 Å². The zero-order valence-corrected chi connectivity index (χ0v) is 14.4. The summed E-state index contributed by atoms with van der Waals surface area (Å²) in [5, 5.41) is 10.00. The Kier molecular flexibility index (Phi) is 4.20. The zero-order chi connectivity index (χ0) is 16.6. The van der Waals surface area contributed by atoms with E-state index in [1.165, 1.54) is 12.1 Å². The van der Waals surface area contributed by atoms with E-state index in [0.29, 0.717) is 17.0 Å². The molecule has 0 amide bonds. The lowest BCUT2D eigenvalue weighted by Gasteiger charge is -2.10. The fourth-order valence-corrected chi connectivity index (χ4v) is 3.56. The van der Waals surface area contributed by atoms with Gasteiger partial charge in [0.25, 0.3) is 10.0 Å². The molecule has 1 aromatic carbocycles. The Bertz CT molecular complexity index is 814. The Hall–Kier alpha value is -1.80. The number of nitrogens with one attached hydrogen (secondary N) is 3. The molecule has 0 spiro atoms. The number of hydrogen-bond donors (Lipinski definition) is 3. The minimum atomic E-state index is -3.77. The summed E-state index contributed by atoms with van der Waals surface area (Å²) in [5.74, 6) is 0.674. The van der Waals surface area contributed by atoms with Gasteiger partial charge in [-0.15, -0.1) is 5.10 Å². The van der Waals surface area contributed by atoms with E-state index >= 15 is 0 Å². The fourth-order valence-electron chi connectivity index (χ4n) is 2.11. The summed E-state index contributed by atoms with van der Waals surface area (Å²) in [5.41, 5.74) is 0.904. The molecule has 3 N–H and O–H groups in total. The molecule has 1 aliphatic rings. The van der Waals surface area contributed by atoms with Crippen LogP contribution < -0.4 is 10.0 Å².